The van der Waals surface area contributed by atoms with Crippen LogP contribution in [-0.2, 0) is 19.6 Å². The van der Waals surface area contributed by atoms with Gasteiger partial charge in [-0.15, -0.1) is 0 Å². The van der Waals surface area contributed by atoms with E-state index in [0.717, 1.165) is 19.3 Å². The largest absolute Gasteiger partial charge is 0.452 e. The van der Waals surface area contributed by atoms with E-state index in [0.29, 0.717) is 24.3 Å². The molecule has 1 N–H and O–H groups in total. The fourth-order valence-electron chi connectivity index (χ4n) is 3.59. The summed E-state index contributed by atoms with van der Waals surface area (Å²) in [4.78, 5) is 35.2. The van der Waals surface area contributed by atoms with Crippen molar-refractivity contribution >= 4 is 33.3 Å². The van der Waals surface area contributed by atoms with E-state index < -0.39 is 33.4 Å². The molecule has 11 heteroatoms. The summed E-state index contributed by atoms with van der Waals surface area (Å²) in [6, 6.07) is 8.50. The molecular weight excluding hydrogens is 450 g/mol. The fourth-order valence-corrected chi connectivity index (χ4v) is 5.13. The number of nitrogens with zero attached hydrogens (tertiary/aromatic N) is 2. The van der Waals surface area contributed by atoms with Gasteiger partial charge in [-0.25, -0.2) is 13.2 Å². The number of nitro benzene ring substituents is 1. The van der Waals surface area contributed by atoms with Crippen LogP contribution in [0.25, 0.3) is 0 Å². The van der Waals surface area contributed by atoms with Crippen LogP contribution < -0.4 is 5.32 Å². The number of sulfonamides is 1. The van der Waals surface area contributed by atoms with E-state index in [1.54, 1.807) is 13.0 Å². The zero-order chi connectivity index (χ0) is 24.2. The molecule has 33 heavy (non-hydrogen) atoms. The predicted octanol–water partition coefficient (Wildman–Crippen LogP) is 3.18. The van der Waals surface area contributed by atoms with E-state index in [1.165, 1.54) is 41.6 Å². The van der Waals surface area contributed by atoms with E-state index in [1.807, 2.05) is 0 Å². The second kappa shape index (κ2) is 10.1. The van der Waals surface area contributed by atoms with Crippen molar-refractivity contribution in [1.29, 1.82) is 0 Å². The lowest BCUT2D eigenvalue weighted by molar-refractivity contribution is -0.385. The van der Waals surface area contributed by atoms with E-state index in [4.69, 9.17) is 4.74 Å². The summed E-state index contributed by atoms with van der Waals surface area (Å²) in [5.74, 6) is -1.54. The van der Waals surface area contributed by atoms with Gasteiger partial charge in [0.25, 0.3) is 11.6 Å². The lowest BCUT2D eigenvalue weighted by atomic mass is 10.1. The smallest absolute Gasteiger partial charge is 0.339 e. The second-order valence-corrected chi connectivity index (χ2v) is 9.71. The van der Waals surface area contributed by atoms with Crippen molar-refractivity contribution in [2.45, 2.75) is 38.0 Å². The summed E-state index contributed by atoms with van der Waals surface area (Å²) >= 11 is 0. The summed E-state index contributed by atoms with van der Waals surface area (Å²) in [7, 11) is -3.67. The maximum atomic E-state index is 12.9. The summed E-state index contributed by atoms with van der Waals surface area (Å²) in [6.45, 7) is 3.43. The zero-order valence-electron chi connectivity index (χ0n) is 18.4. The highest BCUT2D eigenvalue weighted by atomic mass is 32.2. The fraction of sp³-hybridized carbons (Fsp3) is 0.364. The molecule has 0 atom stereocenters. The van der Waals surface area contributed by atoms with Gasteiger partial charge >= 0.3 is 5.97 Å². The molecule has 176 valence electrons. The Labute approximate surface area is 191 Å². The van der Waals surface area contributed by atoms with E-state index in [-0.39, 0.29) is 21.7 Å². The Balaban J connectivity index is 1.68. The first kappa shape index (κ1) is 24.3. The monoisotopic (exact) mass is 475 g/mol. The summed E-state index contributed by atoms with van der Waals surface area (Å²) in [5, 5.41) is 13.6. The van der Waals surface area contributed by atoms with Crippen molar-refractivity contribution in [3.63, 3.8) is 0 Å². The predicted molar refractivity (Wildman–Crippen MR) is 121 cm³/mol. The summed E-state index contributed by atoms with van der Waals surface area (Å²) < 4.78 is 32.3. The molecule has 2 aromatic rings. The number of anilines is 1. The van der Waals surface area contributed by atoms with Gasteiger partial charge in [0.2, 0.25) is 10.0 Å². The molecule has 0 unspecified atom stereocenters. The van der Waals surface area contributed by atoms with Crippen molar-refractivity contribution in [2.75, 3.05) is 25.0 Å². The van der Waals surface area contributed by atoms with Crippen molar-refractivity contribution in [3.8, 4) is 0 Å². The zero-order valence-corrected chi connectivity index (χ0v) is 19.2. The number of rotatable bonds is 7. The van der Waals surface area contributed by atoms with Gasteiger partial charge in [0.05, 0.1) is 15.4 Å². The number of hydrogen-bond acceptors (Lipinski definition) is 7. The Hall–Kier alpha value is -3.31. The number of carbonyl (C=O) groups excluding carboxylic acids is 2. The third kappa shape index (κ3) is 5.55. The SMILES string of the molecule is Cc1ccc(S(=O)(=O)N2CCCCC2)cc1NC(=O)COC(=O)c1cccc([N+](=O)[O-])c1C. The van der Waals surface area contributed by atoms with Crippen molar-refractivity contribution in [1.82, 2.24) is 4.31 Å². The number of piperidine rings is 1. The highest BCUT2D eigenvalue weighted by molar-refractivity contribution is 7.89. The Kier molecular flexibility index (Phi) is 7.44. The minimum atomic E-state index is -3.67. The first-order chi connectivity index (χ1) is 15.6. The molecule has 1 saturated heterocycles. The van der Waals surface area contributed by atoms with Crippen LogP contribution in [0.1, 0.15) is 40.7 Å². The number of amides is 1. The lowest BCUT2D eigenvalue weighted by Gasteiger charge is -2.26. The minimum Gasteiger partial charge on any atom is -0.452 e. The molecule has 1 aliphatic heterocycles. The quantitative estimate of drug-likeness (QED) is 0.369. The molecule has 10 nitrogen and oxygen atoms in total. The van der Waals surface area contributed by atoms with Crippen LogP contribution >= 0.6 is 0 Å². The first-order valence-corrected chi connectivity index (χ1v) is 11.9. The van der Waals surface area contributed by atoms with Crippen molar-refractivity contribution in [2.24, 2.45) is 0 Å². The Bertz CT molecular complexity index is 1190. The molecule has 0 bridgehead atoms. The molecule has 0 radical (unpaired) electrons. The van der Waals surface area contributed by atoms with E-state index >= 15 is 0 Å². The summed E-state index contributed by atoms with van der Waals surface area (Å²) in [6.07, 6.45) is 2.62. The maximum Gasteiger partial charge on any atom is 0.339 e. The van der Waals surface area contributed by atoms with Crippen LogP contribution in [0.2, 0.25) is 0 Å². The van der Waals surface area contributed by atoms with Gasteiger partial charge in [0.1, 0.15) is 0 Å². The Morgan fingerprint density at radius 1 is 1.12 bits per heavy atom. The highest BCUT2D eigenvalue weighted by Crippen LogP contribution is 2.25. The molecule has 1 heterocycles. The van der Waals surface area contributed by atoms with Crippen LogP contribution in [0, 0.1) is 24.0 Å². The number of ether oxygens (including phenoxy) is 1. The van der Waals surface area contributed by atoms with Crippen LogP contribution in [0.5, 0.6) is 0 Å². The number of esters is 1. The average molecular weight is 476 g/mol. The molecule has 0 saturated carbocycles. The molecule has 0 aliphatic carbocycles. The third-order valence-corrected chi connectivity index (χ3v) is 7.39. The Morgan fingerprint density at radius 2 is 1.82 bits per heavy atom. The lowest BCUT2D eigenvalue weighted by Crippen LogP contribution is -2.35. The average Bonchev–Trinajstić information content (AvgIpc) is 2.79. The number of nitrogens with one attached hydrogen (secondary N) is 1. The van der Waals surface area contributed by atoms with E-state index in [9.17, 15) is 28.1 Å². The van der Waals surface area contributed by atoms with Crippen molar-refractivity contribution < 1.29 is 27.7 Å². The van der Waals surface area contributed by atoms with Gasteiger partial charge < -0.3 is 10.1 Å². The van der Waals surface area contributed by atoms with Gasteiger partial charge in [-0.2, -0.15) is 4.31 Å². The standard InChI is InChI=1S/C22H25N3O7S/c1-15-9-10-17(33(30,31)24-11-4-3-5-12-24)13-19(15)23-21(26)14-32-22(27)18-7-6-8-20(16(18)2)25(28)29/h6-10,13H,3-5,11-12,14H2,1-2H3,(H,23,26). The number of hydrogen-bond donors (Lipinski definition) is 1. The van der Waals surface area contributed by atoms with Crippen LogP contribution in [0.15, 0.2) is 41.3 Å². The number of nitro groups is 1. The van der Waals surface area contributed by atoms with Gasteiger partial charge in [0.15, 0.2) is 6.61 Å². The van der Waals surface area contributed by atoms with E-state index in [2.05, 4.69) is 5.32 Å². The minimum absolute atomic E-state index is 0.0113. The highest BCUT2D eigenvalue weighted by Gasteiger charge is 2.26. The maximum absolute atomic E-state index is 12.9. The van der Waals surface area contributed by atoms with Crippen LogP contribution in [0.4, 0.5) is 11.4 Å². The molecule has 0 aromatic heterocycles. The number of benzene rings is 2. The van der Waals surface area contributed by atoms with Gasteiger partial charge in [-0.1, -0.05) is 18.6 Å². The van der Waals surface area contributed by atoms with Gasteiger partial charge in [-0.05, 0) is 50.5 Å². The molecule has 0 spiro atoms. The molecule has 1 fully saturated rings. The van der Waals surface area contributed by atoms with Crippen LogP contribution in [0.3, 0.4) is 0 Å². The molecule has 3 rings (SSSR count). The topological polar surface area (TPSA) is 136 Å². The summed E-state index contributed by atoms with van der Waals surface area (Å²) in [5.41, 5.74) is 0.834. The first-order valence-electron chi connectivity index (χ1n) is 10.4. The number of carbonyl (C=O) groups is 2. The van der Waals surface area contributed by atoms with Crippen molar-refractivity contribution in [3.05, 3.63) is 63.2 Å². The molecule has 1 amide bonds. The molecule has 1 aliphatic rings. The number of aryl methyl sites for hydroxylation is 1. The third-order valence-electron chi connectivity index (χ3n) is 5.49. The molecular formula is C22H25N3O7S. The second-order valence-electron chi connectivity index (χ2n) is 7.77. The van der Waals surface area contributed by atoms with Crippen LogP contribution in [-0.4, -0.2) is 49.2 Å². The van der Waals surface area contributed by atoms with Gasteiger partial charge in [0, 0.05) is 30.4 Å². The van der Waals surface area contributed by atoms with Gasteiger partial charge in [-0.3, -0.25) is 14.9 Å². The normalized spacial score (nSPS) is 14.5. The Morgan fingerprint density at radius 3 is 2.48 bits per heavy atom. The molecule has 2 aromatic carbocycles.